The summed E-state index contributed by atoms with van der Waals surface area (Å²) in [4.78, 5) is 11.3. The monoisotopic (exact) mass is 388 g/mol. The Balaban J connectivity index is 2.07. The third-order valence-electron chi connectivity index (χ3n) is 3.70. The average molecular weight is 388 g/mol. The van der Waals surface area contributed by atoms with Gasteiger partial charge >= 0.3 is 5.97 Å². The molecule has 144 valence electrons. The van der Waals surface area contributed by atoms with Crippen LogP contribution in [0.2, 0.25) is 0 Å². The molecule has 2 rings (SSSR count). The SMILES string of the molecule is C=C(O[C@H]1[C@H](O)C(O)O[C@@H]1COS(=O)(=O)c1ccc(C)cc1)C(=O)OC. The number of carbonyl (C=O) groups excluding carboxylic acids is 1. The summed E-state index contributed by atoms with van der Waals surface area (Å²) in [5.41, 5.74) is 0.879. The Kier molecular flexibility index (Phi) is 6.37. The first kappa shape index (κ1) is 20.3. The fraction of sp³-hybridized carbons (Fsp3) is 0.438. The topological polar surface area (TPSA) is 129 Å². The van der Waals surface area contributed by atoms with Crippen LogP contribution >= 0.6 is 0 Å². The molecule has 0 aromatic heterocycles. The highest BCUT2D eigenvalue weighted by Gasteiger charge is 2.46. The summed E-state index contributed by atoms with van der Waals surface area (Å²) in [5, 5.41) is 19.5. The second-order valence-electron chi connectivity index (χ2n) is 5.60. The quantitative estimate of drug-likeness (QED) is 0.283. The van der Waals surface area contributed by atoms with Crippen LogP contribution in [0.25, 0.3) is 0 Å². The van der Waals surface area contributed by atoms with Crippen molar-refractivity contribution in [1.82, 2.24) is 0 Å². The molecule has 0 aliphatic carbocycles. The Bertz CT molecular complexity index is 756. The van der Waals surface area contributed by atoms with Gasteiger partial charge in [0, 0.05) is 0 Å². The first-order valence-electron chi connectivity index (χ1n) is 7.57. The lowest BCUT2D eigenvalue weighted by molar-refractivity contribution is -0.143. The number of methoxy groups -OCH3 is 1. The van der Waals surface area contributed by atoms with E-state index in [9.17, 15) is 23.4 Å². The third kappa shape index (κ3) is 4.59. The summed E-state index contributed by atoms with van der Waals surface area (Å²) in [6.07, 6.45) is -5.61. The third-order valence-corrected chi connectivity index (χ3v) is 4.99. The van der Waals surface area contributed by atoms with E-state index in [1.807, 2.05) is 6.92 Å². The molecule has 1 aromatic rings. The van der Waals surface area contributed by atoms with Crippen molar-refractivity contribution >= 4 is 16.1 Å². The van der Waals surface area contributed by atoms with Gasteiger partial charge in [-0.05, 0) is 25.6 Å². The number of hydrogen-bond acceptors (Lipinski definition) is 9. The summed E-state index contributed by atoms with van der Waals surface area (Å²) < 4.78 is 44.0. The van der Waals surface area contributed by atoms with Crippen molar-refractivity contribution < 1.29 is 41.8 Å². The predicted molar refractivity (Wildman–Crippen MR) is 87.2 cm³/mol. The molecule has 0 bridgehead atoms. The van der Waals surface area contributed by atoms with E-state index in [1.165, 1.54) is 12.1 Å². The summed E-state index contributed by atoms with van der Waals surface area (Å²) in [7, 11) is -2.97. The maximum absolute atomic E-state index is 12.2. The number of carbonyl (C=O) groups is 1. The molecular formula is C16H20O9S. The van der Waals surface area contributed by atoms with E-state index in [0.29, 0.717) is 0 Å². The van der Waals surface area contributed by atoms with Crippen LogP contribution in [0, 0.1) is 6.92 Å². The number of aliphatic hydroxyl groups is 2. The van der Waals surface area contributed by atoms with Crippen molar-refractivity contribution in [1.29, 1.82) is 0 Å². The van der Waals surface area contributed by atoms with E-state index in [0.717, 1.165) is 12.7 Å². The lowest BCUT2D eigenvalue weighted by atomic mass is 10.1. The van der Waals surface area contributed by atoms with Gasteiger partial charge < -0.3 is 24.4 Å². The van der Waals surface area contributed by atoms with Crippen LogP contribution in [-0.2, 0) is 33.3 Å². The summed E-state index contributed by atoms with van der Waals surface area (Å²) in [5.74, 6) is -1.31. The van der Waals surface area contributed by atoms with Gasteiger partial charge in [0.1, 0.15) is 12.2 Å². The molecule has 1 unspecified atom stereocenters. The Morgan fingerprint density at radius 1 is 1.27 bits per heavy atom. The van der Waals surface area contributed by atoms with Crippen LogP contribution in [0.3, 0.4) is 0 Å². The fourth-order valence-electron chi connectivity index (χ4n) is 2.25. The number of benzene rings is 1. The molecule has 4 atom stereocenters. The first-order chi connectivity index (χ1) is 12.2. The van der Waals surface area contributed by atoms with Crippen molar-refractivity contribution in [2.45, 2.75) is 36.4 Å². The molecule has 9 nitrogen and oxygen atoms in total. The predicted octanol–water partition coefficient (Wildman–Crippen LogP) is -0.150. The minimum atomic E-state index is -4.09. The second kappa shape index (κ2) is 8.14. The van der Waals surface area contributed by atoms with Crippen LogP contribution in [-0.4, -0.2) is 62.9 Å². The van der Waals surface area contributed by atoms with E-state index < -0.39 is 53.1 Å². The molecule has 0 amide bonds. The highest BCUT2D eigenvalue weighted by Crippen LogP contribution is 2.26. The Morgan fingerprint density at radius 2 is 1.88 bits per heavy atom. The zero-order valence-corrected chi connectivity index (χ0v) is 15.0. The normalized spacial score (nSPS) is 25.7. The Hall–Kier alpha value is -1.98. The molecule has 1 saturated heterocycles. The standard InChI is InChI=1S/C16H20O9S/c1-9-4-6-11(7-5-9)26(20,21)23-8-12-14(13(17)16(19)25-12)24-10(2)15(18)22-3/h4-7,12-14,16-17,19H,2,8H2,1,3H3/t12-,13+,14-,16?/m1/s1. The van der Waals surface area contributed by atoms with Crippen LogP contribution in [0.5, 0.6) is 0 Å². The number of esters is 1. The molecule has 1 aliphatic heterocycles. The van der Waals surface area contributed by atoms with Crippen molar-refractivity contribution in [2.24, 2.45) is 0 Å². The van der Waals surface area contributed by atoms with Crippen LogP contribution < -0.4 is 0 Å². The largest absolute Gasteiger partial charge is 0.478 e. The molecule has 1 aliphatic rings. The van der Waals surface area contributed by atoms with Crippen LogP contribution in [0.1, 0.15) is 5.56 Å². The smallest absolute Gasteiger partial charge is 0.372 e. The van der Waals surface area contributed by atoms with Crippen molar-refractivity contribution in [2.75, 3.05) is 13.7 Å². The zero-order valence-electron chi connectivity index (χ0n) is 14.2. The Morgan fingerprint density at radius 3 is 2.46 bits per heavy atom. The maximum Gasteiger partial charge on any atom is 0.372 e. The number of ether oxygens (including phenoxy) is 3. The van der Waals surface area contributed by atoms with E-state index in [4.69, 9.17) is 13.7 Å². The first-order valence-corrected chi connectivity index (χ1v) is 8.98. The number of rotatable bonds is 7. The summed E-state index contributed by atoms with van der Waals surface area (Å²) in [6.45, 7) is 4.60. The number of aryl methyl sites for hydroxylation is 1. The highest BCUT2D eigenvalue weighted by molar-refractivity contribution is 7.86. The van der Waals surface area contributed by atoms with Gasteiger partial charge in [0.2, 0.25) is 0 Å². The van der Waals surface area contributed by atoms with Crippen molar-refractivity contribution in [3.05, 3.63) is 42.2 Å². The molecule has 0 radical (unpaired) electrons. The molecule has 1 heterocycles. The lowest BCUT2D eigenvalue weighted by Gasteiger charge is -2.21. The van der Waals surface area contributed by atoms with Crippen LogP contribution in [0.4, 0.5) is 0 Å². The van der Waals surface area contributed by atoms with Gasteiger partial charge in [0.05, 0.1) is 18.6 Å². The number of hydrogen-bond donors (Lipinski definition) is 2. The average Bonchev–Trinajstić information content (AvgIpc) is 2.87. The maximum atomic E-state index is 12.2. The van der Waals surface area contributed by atoms with Gasteiger partial charge in [-0.15, -0.1) is 0 Å². The lowest BCUT2D eigenvalue weighted by Crippen LogP contribution is -2.38. The molecular weight excluding hydrogens is 368 g/mol. The molecule has 1 aromatic carbocycles. The number of aliphatic hydroxyl groups excluding tert-OH is 2. The molecule has 2 N–H and O–H groups in total. The summed E-state index contributed by atoms with van der Waals surface area (Å²) >= 11 is 0. The van der Waals surface area contributed by atoms with E-state index >= 15 is 0 Å². The minimum Gasteiger partial charge on any atom is -0.478 e. The molecule has 1 fully saturated rings. The van der Waals surface area contributed by atoms with Crippen molar-refractivity contribution in [3.63, 3.8) is 0 Å². The fourth-order valence-corrected chi connectivity index (χ4v) is 3.17. The van der Waals surface area contributed by atoms with Crippen molar-refractivity contribution in [3.8, 4) is 0 Å². The molecule has 0 spiro atoms. The zero-order chi connectivity index (χ0) is 19.5. The molecule has 10 heteroatoms. The van der Waals surface area contributed by atoms with Gasteiger partial charge in [-0.25, -0.2) is 4.79 Å². The second-order valence-corrected chi connectivity index (χ2v) is 7.22. The van der Waals surface area contributed by atoms with Gasteiger partial charge in [0.15, 0.2) is 18.2 Å². The van der Waals surface area contributed by atoms with E-state index in [1.54, 1.807) is 12.1 Å². The highest BCUT2D eigenvalue weighted by atomic mass is 32.2. The Labute approximate surface area is 150 Å². The van der Waals surface area contributed by atoms with Gasteiger partial charge in [-0.1, -0.05) is 17.7 Å². The van der Waals surface area contributed by atoms with Gasteiger partial charge in [-0.3, -0.25) is 4.18 Å². The van der Waals surface area contributed by atoms with Gasteiger partial charge in [-0.2, -0.15) is 8.42 Å². The minimum absolute atomic E-state index is 0.0568. The van der Waals surface area contributed by atoms with E-state index in [-0.39, 0.29) is 4.90 Å². The van der Waals surface area contributed by atoms with Gasteiger partial charge in [0.25, 0.3) is 10.1 Å². The molecule has 26 heavy (non-hydrogen) atoms. The van der Waals surface area contributed by atoms with Crippen LogP contribution in [0.15, 0.2) is 41.5 Å². The molecule has 0 saturated carbocycles. The summed E-state index contributed by atoms with van der Waals surface area (Å²) in [6, 6.07) is 6.00. The van der Waals surface area contributed by atoms with E-state index in [2.05, 4.69) is 11.3 Å².